The van der Waals surface area contributed by atoms with Crippen LogP contribution in [0.2, 0.25) is 0 Å². The Kier molecular flexibility index (Phi) is 5.90. The second-order valence-electron chi connectivity index (χ2n) is 7.17. The van der Waals surface area contributed by atoms with Gasteiger partial charge in [0.25, 0.3) is 10.0 Å². The molecule has 3 aromatic rings. The molecule has 0 aliphatic carbocycles. The number of aliphatic imine (C=N–C) groups is 1. The Morgan fingerprint density at radius 1 is 1.06 bits per heavy atom. The van der Waals surface area contributed by atoms with Crippen molar-refractivity contribution in [3.8, 4) is 11.3 Å². The van der Waals surface area contributed by atoms with Crippen molar-refractivity contribution < 1.29 is 21.6 Å². The average molecular weight is 473 g/mol. The lowest BCUT2D eigenvalue weighted by molar-refractivity contribution is -0.137. The Balaban J connectivity index is 1.76. The summed E-state index contributed by atoms with van der Waals surface area (Å²) in [4.78, 5) is 12.0. The summed E-state index contributed by atoms with van der Waals surface area (Å²) in [6, 6.07) is 10.8. The maximum atomic E-state index is 13.6. The molecule has 7 nitrogen and oxygen atoms in total. The lowest BCUT2D eigenvalue weighted by Gasteiger charge is -2.19. The van der Waals surface area contributed by atoms with E-state index in [0.29, 0.717) is 11.1 Å². The molecule has 2 N–H and O–H groups in total. The van der Waals surface area contributed by atoms with Gasteiger partial charge < -0.3 is 5.32 Å². The molecule has 33 heavy (non-hydrogen) atoms. The van der Waals surface area contributed by atoms with E-state index < -0.39 is 27.8 Å². The molecule has 1 aliphatic rings. The highest BCUT2D eigenvalue weighted by molar-refractivity contribution is 7.92. The fourth-order valence-electron chi connectivity index (χ4n) is 3.38. The van der Waals surface area contributed by atoms with Crippen molar-refractivity contribution in [3.05, 3.63) is 83.8 Å². The van der Waals surface area contributed by atoms with E-state index >= 15 is 0 Å². The van der Waals surface area contributed by atoms with Gasteiger partial charge in [-0.2, -0.15) is 21.6 Å². The number of halogens is 3. The number of hydrogen-bond donors (Lipinski definition) is 2. The molecule has 0 saturated carbocycles. The molecule has 11 heteroatoms. The third kappa shape index (κ3) is 4.72. The predicted octanol–water partition coefficient (Wildman–Crippen LogP) is 4.46. The molecular weight excluding hydrogens is 455 g/mol. The first kappa shape index (κ1) is 22.5. The molecule has 1 aromatic carbocycles. The first-order chi connectivity index (χ1) is 15.7. The van der Waals surface area contributed by atoms with Crippen LogP contribution in [0.3, 0.4) is 0 Å². The van der Waals surface area contributed by atoms with Gasteiger partial charge in [-0.05, 0) is 30.7 Å². The van der Waals surface area contributed by atoms with Crippen LogP contribution in [-0.4, -0.2) is 24.6 Å². The van der Waals surface area contributed by atoms with Crippen LogP contribution in [0.4, 0.5) is 19.0 Å². The number of nitrogens with zero attached hydrogens (tertiary/aromatic N) is 3. The molecule has 3 heterocycles. The molecule has 0 amide bonds. The molecule has 0 saturated heterocycles. The number of alkyl halides is 3. The molecule has 1 atom stereocenters. The molecule has 1 aliphatic heterocycles. The zero-order chi connectivity index (χ0) is 23.6. The van der Waals surface area contributed by atoms with Crippen molar-refractivity contribution >= 4 is 22.1 Å². The molecular formula is C22H18F3N5O2S. The topological polar surface area (TPSA) is 96.3 Å². The Hall–Kier alpha value is -3.73. The average Bonchev–Trinajstić information content (AvgIpc) is 2.79. The van der Waals surface area contributed by atoms with Crippen molar-refractivity contribution in [1.29, 1.82) is 0 Å². The van der Waals surface area contributed by atoms with Gasteiger partial charge in [0.1, 0.15) is 5.82 Å². The fraction of sp³-hybridized carbons (Fsp3) is 0.136. The van der Waals surface area contributed by atoms with Crippen molar-refractivity contribution in [3.63, 3.8) is 0 Å². The summed E-state index contributed by atoms with van der Waals surface area (Å²) in [5, 5.41) is 2.68. The first-order valence-corrected chi connectivity index (χ1v) is 11.2. The van der Waals surface area contributed by atoms with Crippen LogP contribution in [0.25, 0.3) is 11.3 Å². The quantitative estimate of drug-likeness (QED) is 0.571. The molecule has 0 bridgehead atoms. The number of nitrogens with one attached hydrogen (secondary N) is 2. The second kappa shape index (κ2) is 8.66. The zero-order valence-corrected chi connectivity index (χ0v) is 18.0. The summed E-state index contributed by atoms with van der Waals surface area (Å²) in [6.07, 6.45) is 1.23. The molecule has 0 fully saturated rings. The third-order valence-corrected chi connectivity index (χ3v) is 6.23. The van der Waals surface area contributed by atoms with Crippen LogP contribution in [0, 0.1) is 6.92 Å². The number of aromatic nitrogens is 2. The summed E-state index contributed by atoms with van der Waals surface area (Å²) < 4.78 is 69.5. The van der Waals surface area contributed by atoms with Crippen LogP contribution in [-0.2, 0) is 16.2 Å². The van der Waals surface area contributed by atoms with E-state index in [0.717, 1.165) is 12.1 Å². The van der Waals surface area contributed by atoms with Crippen LogP contribution >= 0.6 is 0 Å². The van der Waals surface area contributed by atoms with E-state index in [2.05, 4.69) is 25.0 Å². The van der Waals surface area contributed by atoms with Gasteiger partial charge in [-0.1, -0.05) is 30.3 Å². The minimum Gasteiger partial charge on any atom is -0.378 e. The minimum atomic E-state index is -4.67. The summed E-state index contributed by atoms with van der Waals surface area (Å²) >= 11 is 0. The van der Waals surface area contributed by atoms with E-state index in [4.69, 9.17) is 0 Å². The van der Waals surface area contributed by atoms with Gasteiger partial charge in [0, 0.05) is 35.9 Å². The minimum absolute atomic E-state index is 0.249. The molecule has 0 radical (unpaired) electrons. The Morgan fingerprint density at radius 3 is 2.55 bits per heavy atom. The second-order valence-corrected chi connectivity index (χ2v) is 8.76. The van der Waals surface area contributed by atoms with Crippen LogP contribution < -0.4 is 10.0 Å². The third-order valence-electron chi connectivity index (χ3n) is 4.90. The Morgan fingerprint density at radius 2 is 1.85 bits per heavy atom. The standard InChI is InChI=1S/C22H18F3N5O2S/c1-14-5-2-3-6-15(14)20-17(22(23,24)25)8-9-19(29-20)30-33(31,32)21-16(7-4-10-28-21)18-13-26-11-12-27-18/h2-13,18,27H,1H3,(H,29,30). The highest BCUT2D eigenvalue weighted by Gasteiger charge is 2.35. The van der Waals surface area contributed by atoms with Gasteiger partial charge in [-0.3, -0.25) is 9.71 Å². The van der Waals surface area contributed by atoms with Gasteiger partial charge in [0.05, 0.1) is 17.3 Å². The largest absolute Gasteiger partial charge is 0.418 e. The van der Waals surface area contributed by atoms with Crippen molar-refractivity contribution in [2.24, 2.45) is 4.99 Å². The lowest BCUT2D eigenvalue weighted by atomic mass is 10.0. The van der Waals surface area contributed by atoms with Gasteiger partial charge >= 0.3 is 6.18 Å². The van der Waals surface area contributed by atoms with Crippen molar-refractivity contribution in [1.82, 2.24) is 15.3 Å². The number of rotatable bonds is 5. The van der Waals surface area contributed by atoms with Crippen molar-refractivity contribution in [2.75, 3.05) is 4.72 Å². The van der Waals surface area contributed by atoms with Crippen LogP contribution in [0.15, 0.2) is 77.1 Å². The lowest BCUT2D eigenvalue weighted by Crippen LogP contribution is -2.24. The summed E-state index contributed by atoms with van der Waals surface area (Å²) in [6.45, 7) is 1.65. The number of pyridine rings is 2. The smallest absolute Gasteiger partial charge is 0.378 e. The van der Waals surface area contributed by atoms with E-state index in [1.54, 1.807) is 43.5 Å². The number of anilines is 1. The van der Waals surface area contributed by atoms with Crippen LogP contribution in [0.1, 0.15) is 22.7 Å². The maximum absolute atomic E-state index is 13.6. The summed E-state index contributed by atoms with van der Waals surface area (Å²) in [5.41, 5.74) is -0.192. The zero-order valence-electron chi connectivity index (χ0n) is 17.2. The Labute approximate surface area is 188 Å². The monoisotopic (exact) mass is 473 g/mol. The summed E-state index contributed by atoms with van der Waals surface area (Å²) in [7, 11) is -4.28. The van der Waals surface area contributed by atoms with E-state index in [1.807, 2.05) is 0 Å². The molecule has 1 unspecified atom stereocenters. The normalized spacial score (nSPS) is 15.8. The SMILES string of the molecule is Cc1ccccc1-c1nc(NS(=O)(=O)c2ncccc2C2C=NC=CN2)ccc1C(F)(F)F. The molecule has 170 valence electrons. The molecule has 2 aromatic heterocycles. The fourth-order valence-corrected chi connectivity index (χ4v) is 4.57. The van der Waals surface area contributed by atoms with E-state index in [9.17, 15) is 21.6 Å². The number of sulfonamides is 1. The highest BCUT2D eigenvalue weighted by atomic mass is 32.2. The number of hydrogen-bond acceptors (Lipinski definition) is 6. The van der Waals surface area contributed by atoms with E-state index in [-0.39, 0.29) is 22.1 Å². The van der Waals surface area contributed by atoms with Gasteiger partial charge in [0.15, 0.2) is 5.03 Å². The number of aryl methyl sites for hydroxylation is 1. The Bertz CT molecular complexity index is 1350. The first-order valence-electron chi connectivity index (χ1n) is 9.73. The van der Waals surface area contributed by atoms with Gasteiger partial charge in [-0.25, -0.2) is 9.97 Å². The van der Waals surface area contributed by atoms with Crippen molar-refractivity contribution in [2.45, 2.75) is 24.2 Å². The highest BCUT2D eigenvalue weighted by Crippen LogP contribution is 2.38. The maximum Gasteiger partial charge on any atom is 0.418 e. The van der Waals surface area contributed by atoms with Crippen LogP contribution in [0.5, 0.6) is 0 Å². The molecule has 4 rings (SSSR count). The summed E-state index contributed by atoms with van der Waals surface area (Å²) in [5.74, 6) is -0.261. The number of benzene rings is 1. The van der Waals surface area contributed by atoms with E-state index in [1.165, 1.54) is 24.7 Å². The predicted molar refractivity (Wildman–Crippen MR) is 118 cm³/mol. The molecule has 0 spiro atoms. The van der Waals surface area contributed by atoms with Gasteiger partial charge in [0.2, 0.25) is 0 Å². The van der Waals surface area contributed by atoms with Gasteiger partial charge in [-0.15, -0.1) is 0 Å².